The summed E-state index contributed by atoms with van der Waals surface area (Å²) in [6, 6.07) is 0. The lowest BCUT2D eigenvalue weighted by atomic mass is 10.3. The molecule has 68 valence electrons. The van der Waals surface area contributed by atoms with Gasteiger partial charge in [-0.25, -0.2) is 0 Å². The first-order valence-electron chi connectivity index (χ1n) is 4.12. The summed E-state index contributed by atoms with van der Waals surface area (Å²) >= 11 is 10.8. The molecule has 0 aliphatic carbocycles. The zero-order chi connectivity index (χ0) is 9.07. The Balaban J connectivity index is 3.91. The first-order valence-corrected chi connectivity index (χ1v) is 8.31. The Morgan fingerprint density at radius 1 is 1.09 bits per heavy atom. The molecule has 0 fully saturated rings. The fourth-order valence-electron chi connectivity index (χ4n) is 1.19. The van der Waals surface area contributed by atoms with Crippen LogP contribution in [0, 0.1) is 11.8 Å². The van der Waals surface area contributed by atoms with Gasteiger partial charge in [-0.15, -0.1) is 11.8 Å². The van der Waals surface area contributed by atoms with Gasteiger partial charge in [0, 0.05) is 0 Å². The summed E-state index contributed by atoms with van der Waals surface area (Å²) in [4.78, 5) is 0. The number of rotatable bonds is 4. The van der Waals surface area contributed by atoms with Crippen LogP contribution in [-0.4, -0.2) is 12.3 Å². The van der Waals surface area contributed by atoms with Gasteiger partial charge in [0.05, 0.1) is 0 Å². The Hall–Kier alpha value is 1.00. The third-order valence-corrected chi connectivity index (χ3v) is 5.65. The minimum absolute atomic E-state index is 0.678. The fraction of sp³-hybridized carbons (Fsp3) is 1.00. The zero-order valence-electron chi connectivity index (χ0n) is 7.83. The maximum atomic E-state index is 5.42. The first kappa shape index (κ1) is 12.0. The third-order valence-electron chi connectivity index (χ3n) is 1.29. The van der Waals surface area contributed by atoms with Crippen LogP contribution in [-0.2, 0) is 24.1 Å². The van der Waals surface area contributed by atoms with Gasteiger partial charge in [0.1, 0.15) is 0 Å². The van der Waals surface area contributed by atoms with Gasteiger partial charge in [-0.3, -0.25) is 0 Å². The molecule has 0 aliphatic rings. The topological polar surface area (TPSA) is 0 Å². The average molecular weight is 209 g/mol. The van der Waals surface area contributed by atoms with Crippen LogP contribution in [0.4, 0.5) is 0 Å². The van der Waals surface area contributed by atoms with Crippen LogP contribution < -0.4 is 0 Å². The smallest absolute Gasteiger partial charge is 0.0416 e. The fourth-order valence-corrected chi connectivity index (χ4v) is 7.14. The molecule has 11 heavy (non-hydrogen) atoms. The Morgan fingerprint density at radius 2 is 1.36 bits per heavy atom. The summed E-state index contributed by atoms with van der Waals surface area (Å²) in [7, 11) is 0. The average Bonchev–Trinajstić information content (AvgIpc) is 1.53. The van der Waals surface area contributed by atoms with Gasteiger partial charge in [-0.2, -0.15) is 5.24 Å². The molecule has 0 N–H and O–H groups in total. The molecule has 0 heterocycles. The summed E-state index contributed by atoms with van der Waals surface area (Å²) in [6.45, 7) is 8.81. The predicted molar refractivity (Wildman–Crippen MR) is 61.1 cm³/mol. The molecule has 0 aromatic heterocycles. The van der Waals surface area contributed by atoms with Crippen molar-refractivity contribution in [3.8, 4) is 0 Å². The highest BCUT2D eigenvalue weighted by atomic mass is 32.9. The second kappa shape index (κ2) is 4.89. The van der Waals surface area contributed by atoms with Crippen LogP contribution in [0.1, 0.15) is 27.7 Å². The van der Waals surface area contributed by atoms with Crippen molar-refractivity contribution in [1.82, 2.24) is 0 Å². The quantitative estimate of drug-likeness (QED) is 0.515. The van der Waals surface area contributed by atoms with Gasteiger partial charge < -0.3 is 12.2 Å². The lowest BCUT2D eigenvalue weighted by molar-refractivity contribution is 0.722. The van der Waals surface area contributed by atoms with E-state index in [2.05, 4.69) is 27.7 Å². The van der Waals surface area contributed by atoms with E-state index in [9.17, 15) is 0 Å². The van der Waals surface area contributed by atoms with Crippen LogP contribution >= 0.6 is 5.24 Å². The molecule has 0 spiro atoms. The van der Waals surface area contributed by atoms with Gasteiger partial charge in [0.25, 0.3) is 0 Å². The SMILES string of the molecule is CC(C)CP(=S)([S-])CC(C)C. The molecule has 0 aromatic rings. The molecule has 0 unspecified atom stereocenters. The highest BCUT2D eigenvalue weighted by Crippen LogP contribution is 2.46. The summed E-state index contributed by atoms with van der Waals surface area (Å²) in [5, 5.41) is -1.39. The van der Waals surface area contributed by atoms with Crippen LogP contribution in [0.3, 0.4) is 0 Å². The summed E-state index contributed by atoms with van der Waals surface area (Å²) in [5.41, 5.74) is 0. The normalized spacial score (nSPS) is 13.0. The summed E-state index contributed by atoms with van der Waals surface area (Å²) in [5.74, 6) is 1.36. The van der Waals surface area contributed by atoms with Crippen molar-refractivity contribution in [1.29, 1.82) is 0 Å². The van der Waals surface area contributed by atoms with Gasteiger partial charge in [-0.05, 0) is 24.2 Å². The Morgan fingerprint density at radius 3 is 1.55 bits per heavy atom. The number of hydrogen-bond donors (Lipinski definition) is 0. The zero-order valence-corrected chi connectivity index (χ0v) is 10.4. The van der Waals surface area contributed by atoms with Crippen molar-refractivity contribution >= 4 is 29.3 Å². The Labute approximate surface area is 81.3 Å². The van der Waals surface area contributed by atoms with Crippen LogP contribution in [0.5, 0.6) is 0 Å². The van der Waals surface area contributed by atoms with Crippen molar-refractivity contribution in [2.75, 3.05) is 12.3 Å². The lowest BCUT2D eigenvalue weighted by Gasteiger charge is -2.32. The van der Waals surface area contributed by atoms with Crippen molar-refractivity contribution in [3.05, 3.63) is 0 Å². The predicted octanol–water partition coefficient (Wildman–Crippen LogP) is 3.24. The van der Waals surface area contributed by atoms with Crippen molar-refractivity contribution in [3.63, 3.8) is 0 Å². The maximum Gasteiger partial charge on any atom is -0.0416 e. The van der Waals surface area contributed by atoms with E-state index in [1.807, 2.05) is 0 Å². The molecule has 0 saturated carbocycles. The van der Waals surface area contributed by atoms with E-state index in [-0.39, 0.29) is 0 Å². The van der Waals surface area contributed by atoms with E-state index < -0.39 is 5.24 Å². The van der Waals surface area contributed by atoms with Gasteiger partial charge in [-0.1, -0.05) is 27.7 Å². The summed E-state index contributed by atoms with van der Waals surface area (Å²) < 4.78 is 0. The number of hydrogen-bond acceptors (Lipinski definition) is 2. The van der Waals surface area contributed by atoms with Crippen molar-refractivity contribution in [2.24, 2.45) is 11.8 Å². The van der Waals surface area contributed by atoms with Gasteiger partial charge in [0.15, 0.2) is 0 Å². The van der Waals surface area contributed by atoms with E-state index in [1.165, 1.54) is 0 Å². The lowest BCUT2D eigenvalue weighted by Crippen LogP contribution is -2.03. The standard InChI is InChI=1S/C8H19PS2/c1-7(2)5-9(10,11)6-8(3)4/h7-8H,5-6H2,1-4H3,(H,10,11)/p-1. The van der Waals surface area contributed by atoms with Crippen molar-refractivity contribution in [2.45, 2.75) is 27.7 Å². The maximum absolute atomic E-state index is 5.42. The molecule has 0 aromatic carbocycles. The minimum Gasteiger partial charge on any atom is -0.746 e. The van der Waals surface area contributed by atoms with E-state index in [4.69, 9.17) is 24.1 Å². The highest BCUT2D eigenvalue weighted by Gasteiger charge is 2.06. The van der Waals surface area contributed by atoms with Gasteiger partial charge >= 0.3 is 0 Å². The molecule has 0 nitrogen and oxygen atoms in total. The largest absolute Gasteiger partial charge is 0.746 e. The first-order chi connectivity index (χ1) is 4.83. The highest BCUT2D eigenvalue weighted by molar-refractivity contribution is 8.55. The van der Waals surface area contributed by atoms with E-state index in [0.29, 0.717) is 11.8 Å². The molecule has 0 rings (SSSR count). The Bertz CT molecular complexity index is 138. The minimum atomic E-state index is -1.39. The molecule has 0 radical (unpaired) electrons. The molecular formula is C8H18PS2-. The molecule has 0 atom stereocenters. The molecule has 0 bridgehead atoms. The van der Waals surface area contributed by atoms with Crippen LogP contribution in [0.25, 0.3) is 0 Å². The second-order valence-corrected chi connectivity index (χ2v) is 11.2. The van der Waals surface area contributed by atoms with E-state index in [1.54, 1.807) is 0 Å². The second-order valence-electron chi connectivity index (χ2n) is 3.97. The Kier molecular flexibility index (Phi) is 5.33. The summed E-state index contributed by atoms with van der Waals surface area (Å²) in [6.07, 6.45) is 2.19. The van der Waals surface area contributed by atoms with Gasteiger partial charge in [0.2, 0.25) is 0 Å². The van der Waals surface area contributed by atoms with E-state index in [0.717, 1.165) is 12.3 Å². The molecular weight excluding hydrogens is 191 g/mol. The van der Waals surface area contributed by atoms with E-state index >= 15 is 0 Å². The molecule has 0 saturated heterocycles. The third kappa shape index (κ3) is 7.36. The monoisotopic (exact) mass is 209 g/mol. The van der Waals surface area contributed by atoms with Crippen LogP contribution in [0.2, 0.25) is 0 Å². The molecule has 0 amide bonds. The van der Waals surface area contributed by atoms with Crippen molar-refractivity contribution < 1.29 is 0 Å². The van der Waals surface area contributed by atoms with Crippen LogP contribution in [0.15, 0.2) is 0 Å². The molecule has 0 aliphatic heterocycles. The molecule has 3 heteroatoms.